The van der Waals surface area contributed by atoms with Crippen LogP contribution in [-0.2, 0) is 9.84 Å². The molecule has 2 rings (SSSR count). The van der Waals surface area contributed by atoms with Crippen molar-refractivity contribution in [2.24, 2.45) is 0 Å². The smallest absolute Gasteiger partial charge is 0.219 e. The molecule has 1 aromatic heterocycles. The molecule has 0 unspecified atom stereocenters. The number of furan rings is 1. The molecule has 0 spiro atoms. The molecule has 0 aliphatic carbocycles. The Labute approximate surface area is 82.3 Å². The molecule has 0 aliphatic rings. The van der Waals surface area contributed by atoms with Crippen LogP contribution in [0.5, 0.6) is 0 Å². The number of sulfone groups is 1. The first-order chi connectivity index (χ1) is 6.63. The van der Waals surface area contributed by atoms with Gasteiger partial charge in [-0.3, -0.25) is 0 Å². The number of para-hydroxylation sites is 1. The lowest BCUT2D eigenvalue weighted by Gasteiger charge is -1.92. The largest absolute Gasteiger partial charge is 0.445 e. The standard InChI is InChI=1S/C10H10O3S/c1-2-14(11,12)10-7-8-5-3-4-6-9(8)13-10/h3-7H,2H2,1H3. The zero-order valence-electron chi connectivity index (χ0n) is 7.73. The molecule has 1 aromatic carbocycles. The molecule has 0 fully saturated rings. The van der Waals surface area contributed by atoms with Crippen LogP contribution < -0.4 is 0 Å². The number of hydrogen-bond acceptors (Lipinski definition) is 3. The van der Waals surface area contributed by atoms with Crippen LogP contribution in [0.4, 0.5) is 0 Å². The maximum atomic E-state index is 11.5. The molecule has 0 saturated heterocycles. The number of benzene rings is 1. The molecule has 0 radical (unpaired) electrons. The molecule has 0 amide bonds. The highest BCUT2D eigenvalue weighted by Gasteiger charge is 2.16. The van der Waals surface area contributed by atoms with Gasteiger partial charge < -0.3 is 4.42 Å². The van der Waals surface area contributed by atoms with Crippen molar-refractivity contribution < 1.29 is 12.8 Å². The van der Waals surface area contributed by atoms with Crippen molar-refractivity contribution in [1.82, 2.24) is 0 Å². The molecular formula is C10H10O3S. The van der Waals surface area contributed by atoms with Gasteiger partial charge in [-0.15, -0.1) is 0 Å². The first-order valence-corrected chi connectivity index (χ1v) is 6.00. The van der Waals surface area contributed by atoms with Gasteiger partial charge in [0.25, 0.3) is 0 Å². The highest BCUT2D eigenvalue weighted by molar-refractivity contribution is 7.91. The second kappa shape index (κ2) is 3.13. The van der Waals surface area contributed by atoms with Crippen LogP contribution in [0.1, 0.15) is 6.92 Å². The Bertz CT molecular complexity index is 519. The van der Waals surface area contributed by atoms with Crippen LogP contribution in [0.3, 0.4) is 0 Å². The second-order valence-corrected chi connectivity index (χ2v) is 5.22. The predicted molar refractivity (Wildman–Crippen MR) is 53.9 cm³/mol. The maximum Gasteiger partial charge on any atom is 0.219 e. The maximum absolute atomic E-state index is 11.5. The molecule has 14 heavy (non-hydrogen) atoms. The number of rotatable bonds is 2. The summed E-state index contributed by atoms with van der Waals surface area (Å²) in [5.74, 6) is 0.0623. The van der Waals surface area contributed by atoms with E-state index in [-0.39, 0.29) is 10.8 Å². The topological polar surface area (TPSA) is 47.3 Å². The van der Waals surface area contributed by atoms with Gasteiger partial charge in [0, 0.05) is 11.5 Å². The predicted octanol–water partition coefficient (Wildman–Crippen LogP) is 2.23. The molecule has 0 aliphatic heterocycles. The zero-order chi connectivity index (χ0) is 10.2. The Morgan fingerprint density at radius 3 is 2.64 bits per heavy atom. The SMILES string of the molecule is CCS(=O)(=O)c1cc2ccccc2o1. The minimum atomic E-state index is -3.23. The van der Waals surface area contributed by atoms with Crippen molar-refractivity contribution in [3.05, 3.63) is 30.3 Å². The summed E-state index contributed by atoms with van der Waals surface area (Å²) in [6.07, 6.45) is 0. The van der Waals surface area contributed by atoms with E-state index in [9.17, 15) is 8.42 Å². The lowest BCUT2D eigenvalue weighted by molar-refractivity contribution is 0.482. The van der Waals surface area contributed by atoms with Gasteiger partial charge in [0.1, 0.15) is 5.58 Å². The van der Waals surface area contributed by atoms with E-state index < -0.39 is 9.84 Å². The van der Waals surface area contributed by atoms with E-state index in [2.05, 4.69) is 0 Å². The summed E-state index contributed by atoms with van der Waals surface area (Å²) in [4.78, 5) is 0. The Hall–Kier alpha value is -1.29. The fourth-order valence-corrected chi connectivity index (χ4v) is 2.06. The van der Waals surface area contributed by atoms with E-state index in [4.69, 9.17) is 4.42 Å². The average Bonchev–Trinajstić information content (AvgIpc) is 2.61. The van der Waals surface area contributed by atoms with Gasteiger partial charge in [0.2, 0.25) is 14.9 Å². The number of hydrogen-bond donors (Lipinski definition) is 0. The van der Waals surface area contributed by atoms with Crippen molar-refractivity contribution in [2.45, 2.75) is 12.0 Å². The summed E-state index contributed by atoms with van der Waals surface area (Å²) >= 11 is 0. The molecule has 0 atom stereocenters. The third-order valence-electron chi connectivity index (χ3n) is 2.09. The molecule has 74 valence electrons. The van der Waals surface area contributed by atoms with Crippen molar-refractivity contribution in [3.63, 3.8) is 0 Å². The summed E-state index contributed by atoms with van der Waals surface area (Å²) in [6, 6.07) is 8.81. The van der Waals surface area contributed by atoms with E-state index >= 15 is 0 Å². The lowest BCUT2D eigenvalue weighted by Crippen LogP contribution is -2.01. The van der Waals surface area contributed by atoms with Crippen LogP contribution in [0.15, 0.2) is 39.8 Å². The van der Waals surface area contributed by atoms with Gasteiger partial charge in [-0.05, 0) is 6.07 Å². The van der Waals surface area contributed by atoms with Gasteiger partial charge in [-0.1, -0.05) is 25.1 Å². The Morgan fingerprint density at radius 1 is 1.29 bits per heavy atom. The average molecular weight is 210 g/mol. The minimum Gasteiger partial charge on any atom is -0.445 e. The molecular weight excluding hydrogens is 200 g/mol. The Kier molecular flexibility index (Phi) is 2.07. The highest BCUT2D eigenvalue weighted by atomic mass is 32.2. The van der Waals surface area contributed by atoms with Crippen molar-refractivity contribution in [3.8, 4) is 0 Å². The van der Waals surface area contributed by atoms with Gasteiger partial charge >= 0.3 is 0 Å². The third-order valence-corrected chi connectivity index (χ3v) is 3.66. The summed E-state index contributed by atoms with van der Waals surface area (Å²) in [6.45, 7) is 1.60. The highest BCUT2D eigenvalue weighted by Crippen LogP contribution is 2.22. The van der Waals surface area contributed by atoms with E-state index in [1.807, 2.05) is 18.2 Å². The van der Waals surface area contributed by atoms with Crippen LogP contribution in [0.2, 0.25) is 0 Å². The van der Waals surface area contributed by atoms with Crippen molar-refractivity contribution in [2.75, 3.05) is 5.75 Å². The summed E-state index contributed by atoms with van der Waals surface area (Å²) < 4.78 is 28.2. The Balaban J connectivity index is 2.67. The van der Waals surface area contributed by atoms with Crippen molar-refractivity contribution in [1.29, 1.82) is 0 Å². The van der Waals surface area contributed by atoms with E-state index in [0.29, 0.717) is 5.58 Å². The van der Waals surface area contributed by atoms with Crippen LogP contribution >= 0.6 is 0 Å². The normalized spacial score (nSPS) is 12.1. The number of fused-ring (bicyclic) bond motifs is 1. The molecule has 0 bridgehead atoms. The zero-order valence-corrected chi connectivity index (χ0v) is 8.54. The summed E-state index contributed by atoms with van der Waals surface area (Å²) in [5, 5.41) is 0.876. The fraction of sp³-hybridized carbons (Fsp3) is 0.200. The van der Waals surface area contributed by atoms with Crippen molar-refractivity contribution >= 4 is 20.8 Å². The monoisotopic (exact) mass is 210 g/mol. The second-order valence-electron chi connectivity index (χ2n) is 3.01. The molecule has 0 N–H and O–H groups in total. The summed E-state index contributed by atoms with van der Waals surface area (Å²) in [7, 11) is -3.23. The van der Waals surface area contributed by atoms with Crippen LogP contribution in [-0.4, -0.2) is 14.2 Å². The fourth-order valence-electron chi connectivity index (χ4n) is 1.25. The Morgan fingerprint density at radius 2 is 2.00 bits per heavy atom. The first kappa shape index (κ1) is 9.27. The quantitative estimate of drug-likeness (QED) is 0.763. The lowest BCUT2D eigenvalue weighted by atomic mass is 10.3. The molecule has 3 nitrogen and oxygen atoms in total. The van der Waals surface area contributed by atoms with Gasteiger partial charge in [-0.2, -0.15) is 0 Å². The molecule has 2 aromatic rings. The third kappa shape index (κ3) is 1.42. The van der Waals surface area contributed by atoms with Crippen LogP contribution in [0.25, 0.3) is 11.0 Å². The van der Waals surface area contributed by atoms with E-state index in [1.54, 1.807) is 19.1 Å². The first-order valence-electron chi connectivity index (χ1n) is 4.35. The molecule has 1 heterocycles. The van der Waals surface area contributed by atoms with Gasteiger partial charge in [0.15, 0.2) is 0 Å². The van der Waals surface area contributed by atoms with Gasteiger partial charge in [0.05, 0.1) is 5.75 Å². The van der Waals surface area contributed by atoms with E-state index in [1.165, 1.54) is 0 Å². The molecule has 0 saturated carbocycles. The molecule has 4 heteroatoms. The summed E-state index contributed by atoms with van der Waals surface area (Å²) in [5.41, 5.74) is 0.611. The van der Waals surface area contributed by atoms with E-state index in [0.717, 1.165) is 5.39 Å². The minimum absolute atomic E-state index is 0.0567. The van der Waals surface area contributed by atoms with Gasteiger partial charge in [-0.25, -0.2) is 8.42 Å². The van der Waals surface area contributed by atoms with Crippen LogP contribution in [0, 0.1) is 0 Å².